The Morgan fingerprint density at radius 2 is 2.05 bits per heavy atom. The third kappa shape index (κ3) is 3.38. The Kier molecular flexibility index (Phi) is 4.45. The number of carbonyl (C=O) groups excluding carboxylic acids is 1. The lowest BCUT2D eigenvalue weighted by atomic mass is 9.84. The van der Waals surface area contributed by atoms with Gasteiger partial charge in [0.2, 0.25) is 0 Å². The maximum absolute atomic E-state index is 12.4. The van der Waals surface area contributed by atoms with E-state index in [2.05, 4.69) is 31.4 Å². The number of rotatable bonds is 4. The highest BCUT2D eigenvalue weighted by molar-refractivity contribution is 5.94. The van der Waals surface area contributed by atoms with E-state index in [0.717, 1.165) is 13.1 Å². The van der Waals surface area contributed by atoms with Crippen LogP contribution in [0.25, 0.3) is 0 Å². The van der Waals surface area contributed by atoms with E-state index in [0.29, 0.717) is 12.0 Å². The van der Waals surface area contributed by atoms with Gasteiger partial charge in [0.1, 0.15) is 0 Å². The van der Waals surface area contributed by atoms with Crippen LogP contribution >= 0.6 is 0 Å². The quantitative estimate of drug-likeness (QED) is 0.786. The maximum atomic E-state index is 12.4. The molecular formula is C16H24N2O2. The SMILES string of the molecule is CC(C)(C)C(CCO)NC(=O)c1ccc2c(c1)CNC2. The van der Waals surface area contributed by atoms with Crippen LogP contribution in [0.5, 0.6) is 0 Å². The van der Waals surface area contributed by atoms with Gasteiger partial charge in [0.15, 0.2) is 0 Å². The van der Waals surface area contributed by atoms with Crippen LogP contribution in [0.15, 0.2) is 18.2 Å². The van der Waals surface area contributed by atoms with Crippen molar-refractivity contribution in [2.24, 2.45) is 5.41 Å². The molecule has 1 unspecified atom stereocenters. The number of aliphatic hydroxyl groups is 1. The standard InChI is InChI=1S/C16H24N2O2/c1-16(2,3)14(6-7-19)18-15(20)11-4-5-12-9-17-10-13(12)8-11/h4-5,8,14,17,19H,6-7,9-10H2,1-3H3,(H,18,20). The highest BCUT2D eigenvalue weighted by atomic mass is 16.3. The molecule has 0 saturated carbocycles. The van der Waals surface area contributed by atoms with Crippen LogP contribution in [0, 0.1) is 5.41 Å². The highest BCUT2D eigenvalue weighted by Gasteiger charge is 2.26. The summed E-state index contributed by atoms with van der Waals surface area (Å²) in [7, 11) is 0. The van der Waals surface area contributed by atoms with Crippen LogP contribution in [-0.4, -0.2) is 23.7 Å². The summed E-state index contributed by atoms with van der Waals surface area (Å²) in [4.78, 5) is 12.4. The third-order valence-electron chi connectivity index (χ3n) is 3.87. The second-order valence-electron chi connectivity index (χ2n) is 6.49. The minimum atomic E-state index is -0.0727. The minimum Gasteiger partial charge on any atom is -0.396 e. The first-order valence-electron chi connectivity index (χ1n) is 7.16. The van der Waals surface area contributed by atoms with Crippen molar-refractivity contribution in [3.05, 3.63) is 34.9 Å². The van der Waals surface area contributed by atoms with E-state index in [-0.39, 0.29) is 24.0 Å². The van der Waals surface area contributed by atoms with Crippen LogP contribution in [-0.2, 0) is 13.1 Å². The maximum Gasteiger partial charge on any atom is 0.251 e. The molecule has 3 N–H and O–H groups in total. The Bertz CT molecular complexity index is 492. The number of benzene rings is 1. The summed E-state index contributed by atoms with van der Waals surface area (Å²) < 4.78 is 0. The number of carbonyl (C=O) groups is 1. The van der Waals surface area contributed by atoms with Gasteiger partial charge in [-0.05, 0) is 35.1 Å². The number of aliphatic hydroxyl groups excluding tert-OH is 1. The largest absolute Gasteiger partial charge is 0.396 e. The molecule has 1 aliphatic heterocycles. The first-order valence-corrected chi connectivity index (χ1v) is 7.16. The van der Waals surface area contributed by atoms with Gasteiger partial charge in [-0.3, -0.25) is 4.79 Å². The van der Waals surface area contributed by atoms with Gasteiger partial charge in [0.05, 0.1) is 0 Å². The molecule has 0 radical (unpaired) electrons. The zero-order valence-electron chi connectivity index (χ0n) is 12.5. The fraction of sp³-hybridized carbons (Fsp3) is 0.562. The van der Waals surface area contributed by atoms with Gasteiger partial charge in [0.25, 0.3) is 5.91 Å². The predicted molar refractivity (Wildman–Crippen MR) is 79.4 cm³/mol. The van der Waals surface area contributed by atoms with Crippen molar-refractivity contribution in [2.75, 3.05) is 6.61 Å². The molecule has 0 aromatic heterocycles. The summed E-state index contributed by atoms with van der Waals surface area (Å²) in [5.74, 6) is -0.0620. The Balaban J connectivity index is 2.11. The molecule has 110 valence electrons. The second kappa shape index (κ2) is 5.94. The molecule has 2 rings (SSSR count). The van der Waals surface area contributed by atoms with Crippen molar-refractivity contribution in [1.82, 2.24) is 10.6 Å². The molecule has 0 aliphatic carbocycles. The lowest BCUT2D eigenvalue weighted by molar-refractivity contribution is 0.0885. The van der Waals surface area contributed by atoms with E-state index < -0.39 is 0 Å². The Labute approximate surface area is 120 Å². The number of hydrogen-bond donors (Lipinski definition) is 3. The summed E-state index contributed by atoms with van der Waals surface area (Å²) in [6.07, 6.45) is 0.571. The summed E-state index contributed by atoms with van der Waals surface area (Å²) in [6, 6.07) is 5.82. The van der Waals surface area contributed by atoms with Crippen LogP contribution in [0.3, 0.4) is 0 Å². The van der Waals surface area contributed by atoms with E-state index in [9.17, 15) is 4.79 Å². The zero-order chi connectivity index (χ0) is 14.8. The Morgan fingerprint density at radius 3 is 2.70 bits per heavy atom. The van der Waals surface area contributed by atoms with Crippen molar-refractivity contribution in [1.29, 1.82) is 0 Å². The number of hydrogen-bond acceptors (Lipinski definition) is 3. The molecule has 20 heavy (non-hydrogen) atoms. The molecule has 1 aromatic carbocycles. The molecule has 1 heterocycles. The molecule has 0 fully saturated rings. The molecule has 0 spiro atoms. The monoisotopic (exact) mass is 276 g/mol. The first-order chi connectivity index (χ1) is 9.41. The lowest BCUT2D eigenvalue weighted by Gasteiger charge is -2.31. The number of amides is 1. The number of nitrogens with one attached hydrogen (secondary N) is 2. The summed E-state index contributed by atoms with van der Waals surface area (Å²) in [5, 5.41) is 15.5. The van der Waals surface area contributed by atoms with E-state index in [1.54, 1.807) is 0 Å². The Hall–Kier alpha value is -1.39. The molecule has 1 aromatic rings. The van der Waals surface area contributed by atoms with Gasteiger partial charge in [-0.2, -0.15) is 0 Å². The van der Waals surface area contributed by atoms with E-state index >= 15 is 0 Å². The highest BCUT2D eigenvalue weighted by Crippen LogP contribution is 2.23. The Morgan fingerprint density at radius 1 is 1.35 bits per heavy atom. The van der Waals surface area contributed by atoms with Crippen LogP contribution in [0.2, 0.25) is 0 Å². The smallest absolute Gasteiger partial charge is 0.251 e. The molecule has 4 heteroatoms. The van der Waals surface area contributed by atoms with Gasteiger partial charge < -0.3 is 15.7 Å². The van der Waals surface area contributed by atoms with Crippen molar-refractivity contribution < 1.29 is 9.90 Å². The van der Waals surface area contributed by atoms with Crippen LogP contribution < -0.4 is 10.6 Å². The summed E-state index contributed by atoms with van der Waals surface area (Å²) >= 11 is 0. The van der Waals surface area contributed by atoms with Gasteiger partial charge in [0, 0.05) is 31.3 Å². The molecule has 1 amide bonds. The van der Waals surface area contributed by atoms with Crippen molar-refractivity contribution in [2.45, 2.75) is 46.3 Å². The molecule has 0 saturated heterocycles. The van der Waals surface area contributed by atoms with E-state index in [1.165, 1.54) is 11.1 Å². The average molecular weight is 276 g/mol. The second-order valence-corrected chi connectivity index (χ2v) is 6.49. The number of fused-ring (bicyclic) bond motifs is 1. The zero-order valence-corrected chi connectivity index (χ0v) is 12.5. The van der Waals surface area contributed by atoms with Crippen molar-refractivity contribution >= 4 is 5.91 Å². The molecule has 0 bridgehead atoms. The van der Waals surface area contributed by atoms with Crippen molar-refractivity contribution in [3.8, 4) is 0 Å². The van der Waals surface area contributed by atoms with Crippen molar-refractivity contribution in [3.63, 3.8) is 0 Å². The predicted octanol–water partition coefficient (Wildman–Crippen LogP) is 1.82. The third-order valence-corrected chi connectivity index (χ3v) is 3.87. The first kappa shape index (κ1) is 15.0. The van der Waals surface area contributed by atoms with Gasteiger partial charge in [-0.1, -0.05) is 26.8 Å². The van der Waals surface area contributed by atoms with E-state index in [1.807, 2.05) is 18.2 Å². The summed E-state index contributed by atoms with van der Waals surface area (Å²) in [5.41, 5.74) is 3.09. The van der Waals surface area contributed by atoms with Gasteiger partial charge in [-0.25, -0.2) is 0 Å². The fourth-order valence-corrected chi connectivity index (χ4v) is 2.53. The summed E-state index contributed by atoms with van der Waals surface area (Å²) in [6.45, 7) is 8.00. The molecule has 1 aliphatic rings. The normalized spacial score (nSPS) is 15.8. The molecule has 4 nitrogen and oxygen atoms in total. The minimum absolute atomic E-state index is 0.0358. The average Bonchev–Trinajstić information content (AvgIpc) is 2.84. The van der Waals surface area contributed by atoms with Crippen LogP contribution in [0.4, 0.5) is 0 Å². The van der Waals surface area contributed by atoms with Gasteiger partial charge >= 0.3 is 0 Å². The fourth-order valence-electron chi connectivity index (χ4n) is 2.53. The molecular weight excluding hydrogens is 252 g/mol. The van der Waals surface area contributed by atoms with Gasteiger partial charge in [-0.15, -0.1) is 0 Å². The molecule has 1 atom stereocenters. The van der Waals surface area contributed by atoms with E-state index in [4.69, 9.17) is 5.11 Å². The topological polar surface area (TPSA) is 61.4 Å². The lowest BCUT2D eigenvalue weighted by Crippen LogP contribution is -2.44. The van der Waals surface area contributed by atoms with Crippen LogP contribution in [0.1, 0.15) is 48.7 Å².